The Hall–Kier alpha value is -1.63. The van der Waals surface area contributed by atoms with E-state index in [1.54, 1.807) is 0 Å². The van der Waals surface area contributed by atoms with E-state index in [4.69, 9.17) is 10.2 Å². The van der Waals surface area contributed by atoms with Crippen molar-refractivity contribution in [3.63, 3.8) is 0 Å². The summed E-state index contributed by atoms with van der Waals surface area (Å²) in [5, 5.41) is 23.5. The van der Waals surface area contributed by atoms with E-state index in [1.165, 1.54) is 0 Å². The van der Waals surface area contributed by atoms with Gasteiger partial charge in [-0.05, 0) is 32.2 Å². The molecule has 1 heterocycles. The number of rotatable bonds is 9. The quantitative estimate of drug-likeness (QED) is 0.495. The lowest BCUT2D eigenvalue weighted by molar-refractivity contribution is -0.144. The fourth-order valence-electron chi connectivity index (χ4n) is 2.77. The highest BCUT2D eigenvalue weighted by molar-refractivity contribution is 5.88. The zero-order chi connectivity index (χ0) is 15.9. The molecule has 2 atom stereocenters. The van der Waals surface area contributed by atoms with Crippen molar-refractivity contribution < 1.29 is 24.6 Å². The molecular weight excluding hydrogens is 276 g/mol. The summed E-state index contributed by atoms with van der Waals surface area (Å²) in [6.45, 7) is 3.31. The molecule has 0 aromatic heterocycles. The maximum Gasteiger partial charge on any atom is 0.326 e. The second-order valence-electron chi connectivity index (χ2n) is 5.61. The lowest BCUT2D eigenvalue weighted by atomic mass is 9.81. The third kappa shape index (κ3) is 5.00. The van der Waals surface area contributed by atoms with Crippen LogP contribution in [0, 0.1) is 5.41 Å². The van der Waals surface area contributed by atoms with Crippen molar-refractivity contribution in [1.29, 1.82) is 0 Å². The number of hydrogen-bond acceptors (Lipinski definition) is 4. The first-order valence-corrected chi connectivity index (χ1v) is 7.37. The van der Waals surface area contributed by atoms with Crippen LogP contribution in [0.25, 0.3) is 0 Å². The Morgan fingerprint density at radius 3 is 2.52 bits per heavy atom. The number of carbonyl (C=O) groups is 3. The number of carbonyl (C=O) groups excluding carboxylic acids is 1. The SMILES string of the molecule is CCCC1(C(=O)N[C@H](CCCC(=O)O)C(=O)O)CCNC1. The average molecular weight is 300 g/mol. The van der Waals surface area contributed by atoms with Gasteiger partial charge in [-0.1, -0.05) is 13.3 Å². The van der Waals surface area contributed by atoms with Crippen LogP contribution in [0.4, 0.5) is 0 Å². The van der Waals surface area contributed by atoms with E-state index in [2.05, 4.69) is 10.6 Å². The molecule has 1 rings (SSSR count). The lowest BCUT2D eigenvalue weighted by Gasteiger charge is -2.28. The molecule has 0 bridgehead atoms. The molecule has 0 aromatic rings. The van der Waals surface area contributed by atoms with Crippen LogP contribution in [-0.2, 0) is 14.4 Å². The maximum atomic E-state index is 12.4. The Morgan fingerprint density at radius 2 is 2.05 bits per heavy atom. The first-order valence-electron chi connectivity index (χ1n) is 7.37. The molecule has 0 aliphatic carbocycles. The third-order valence-corrected chi connectivity index (χ3v) is 3.94. The Balaban J connectivity index is 2.62. The van der Waals surface area contributed by atoms with Crippen molar-refractivity contribution in [2.24, 2.45) is 5.41 Å². The molecular formula is C14H24N2O5. The number of nitrogens with one attached hydrogen (secondary N) is 2. The van der Waals surface area contributed by atoms with Crippen LogP contribution in [0.2, 0.25) is 0 Å². The number of hydrogen-bond donors (Lipinski definition) is 4. The summed E-state index contributed by atoms with van der Waals surface area (Å²) in [5.41, 5.74) is -0.532. The monoisotopic (exact) mass is 300 g/mol. The van der Waals surface area contributed by atoms with E-state index < -0.39 is 23.4 Å². The molecule has 1 saturated heterocycles. The third-order valence-electron chi connectivity index (χ3n) is 3.94. The first-order chi connectivity index (χ1) is 9.91. The van der Waals surface area contributed by atoms with E-state index in [0.717, 1.165) is 13.0 Å². The summed E-state index contributed by atoms with van der Waals surface area (Å²) >= 11 is 0. The van der Waals surface area contributed by atoms with E-state index >= 15 is 0 Å². The minimum atomic E-state index is -1.12. The minimum Gasteiger partial charge on any atom is -0.481 e. The van der Waals surface area contributed by atoms with Crippen LogP contribution in [0.1, 0.15) is 45.4 Å². The number of aliphatic carboxylic acids is 2. The molecule has 21 heavy (non-hydrogen) atoms. The largest absolute Gasteiger partial charge is 0.481 e. The molecule has 4 N–H and O–H groups in total. The second kappa shape index (κ2) is 7.97. The molecule has 120 valence electrons. The van der Waals surface area contributed by atoms with Gasteiger partial charge in [-0.15, -0.1) is 0 Å². The summed E-state index contributed by atoms with van der Waals surface area (Å²) in [7, 11) is 0. The van der Waals surface area contributed by atoms with Crippen molar-refractivity contribution in [3.05, 3.63) is 0 Å². The molecule has 0 saturated carbocycles. The zero-order valence-electron chi connectivity index (χ0n) is 12.4. The summed E-state index contributed by atoms with van der Waals surface area (Å²) in [4.78, 5) is 34.1. The fourth-order valence-corrected chi connectivity index (χ4v) is 2.77. The standard InChI is InChI=1S/C14H24N2O5/c1-2-6-14(7-8-15-9-14)13(21)16-10(12(19)20)4-3-5-11(17)18/h10,15H,2-9H2,1H3,(H,16,21)(H,17,18)(H,19,20)/t10-,14?/m1/s1. The molecule has 0 aromatic carbocycles. The van der Waals surface area contributed by atoms with Gasteiger partial charge in [0, 0.05) is 13.0 Å². The van der Waals surface area contributed by atoms with E-state index in [9.17, 15) is 14.4 Å². The number of carboxylic acid groups (broad SMARTS) is 2. The Bertz CT molecular complexity index is 391. The molecule has 7 nitrogen and oxygen atoms in total. The Labute approximate surface area is 124 Å². The van der Waals surface area contributed by atoms with Gasteiger partial charge in [0.2, 0.25) is 5.91 Å². The maximum absolute atomic E-state index is 12.4. The minimum absolute atomic E-state index is 0.0959. The summed E-state index contributed by atoms with van der Waals surface area (Å²) in [5.74, 6) is -2.32. The van der Waals surface area contributed by atoms with Gasteiger partial charge in [-0.2, -0.15) is 0 Å². The molecule has 1 fully saturated rings. The van der Waals surface area contributed by atoms with Crippen LogP contribution in [-0.4, -0.2) is 47.2 Å². The van der Waals surface area contributed by atoms with E-state index in [1.807, 2.05) is 6.92 Å². The summed E-state index contributed by atoms with van der Waals surface area (Å²) < 4.78 is 0. The van der Waals surface area contributed by atoms with Gasteiger partial charge in [0.15, 0.2) is 0 Å². The van der Waals surface area contributed by atoms with Gasteiger partial charge in [0.1, 0.15) is 6.04 Å². The van der Waals surface area contributed by atoms with Crippen molar-refractivity contribution in [2.45, 2.75) is 51.5 Å². The normalized spacial score (nSPS) is 22.7. The molecule has 0 radical (unpaired) electrons. The van der Waals surface area contributed by atoms with Gasteiger partial charge in [0.05, 0.1) is 5.41 Å². The Morgan fingerprint density at radius 1 is 1.33 bits per heavy atom. The summed E-state index contributed by atoms with van der Waals surface area (Å²) in [6.07, 6.45) is 2.53. The van der Waals surface area contributed by atoms with Crippen LogP contribution in [0.15, 0.2) is 0 Å². The molecule has 1 aliphatic rings. The summed E-state index contributed by atoms with van der Waals surface area (Å²) in [6, 6.07) is -1.02. The van der Waals surface area contributed by atoms with Gasteiger partial charge >= 0.3 is 11.9 Å². The smallest absolute Gasteiger partial charge is 0.326 e. The van der Waals surface area contributed by atoms with Crippen molar-refractivity contribution in [1.82, 2.24) is 10.6 Å². The fraction of sp³-hybridized carbons (Fsp3) is 0.786. The highest BCUT2D eigenvalue weighted by atomic mass is 16.4. The number of carboxylic acids is 2. The van der Waals surface area contributed by atoms with E-state index in [0.29, 0.717) is 19.4 Å². The predicted molar refractivity (Wildman–Crippen MR) is 75.9 cm³/mol. The van der Waals surface area contributed by atoms with E-state index in [-0.39, 0.29) is 25.2 Å². The molecule has 1 amide bonds. The van der Waals surface area contributed by atoms with Crippen molar-refractivity contribution in [2.75, 3.05) is 13.1 Å². The van der Waals surface area contributed by atoms with Crippen LogP contribution in [0.3, 0.4) is 0 Å². The van der Waals surface area contributed by atoms with Crippen LogP contribution in [0.5, 0.6) is 0 Å². The first kappa shape index (κ1) is 17.4. The molecule has 1 unspecified atom stereocenters. The highest BCUT2D eigenvalue weighted by Gasteiger charge is 2.41. The van der Waals surface area contributed by atoms with Crippen molar-refractivity contribution in [3.8, 4) is 0 Å². The molecule has 0 spiro atoms. The van der Waals surface area contributed by atoms with Gasteiger partial charge in [0.25, 0.3) is 0 Å². The second-order valence-corrected chi connectivity index (χ2v) is 5.61. The highest BCUT2D eigenvalue weighted by Crippen LogP contribution is 2.31. The molecule has 1 aliphatic heterocycles. The van der Waals surface area contributed by atoms with Crippen LogP contribution >= 0.6 is 0 Å². The topological polar surface area (TPSA) is 116 Å². The lowest BCUT2D eigenvalue weighted by Crippen LogP contribution is -2.49. The predicted octanol–water partition coefficient (Wildman–Crippen LogP) is 0.591. The van der Waals surface area contributed by atoms with Crippen molar-refractivity contribution >= 4 is 17.8 Å². The average Bonchev–Trinajstić information content (AvgIpc) is 2.87. The van der Waals surface area contributed by atoms with Gasteiger partial charge < -0.3 is 20.8 Å². The Kier molecular flexibility index (Phi) is 6.61. The van der Waals surface area contributed by atoms with Gasteiger partial charge in [-0.25, -0.2) is 4.79 Å². The van der Waals surface area contributed by atoms with Crippen LogP contribution < -0.4 is 10.6 Å². The number of amides is 1. The van der Waals surface area contributed by atoms with Gasteiger partial charge in [-0.3, -0.25) is 9.59 Å². The molecule has 7 heteroatoms. The zero-order valence-corrected chi connectivity index (χ0v) is 12.4.